The van der Waals surface area contributed by atoms with Crippen molar-refractivity contribution in [3.63, 3.8) is 0 Å². The van der Waals surface area contributed by atoms with Crippen LogP contribution in [0.2, 0.25) is 10.0 Å². The first-order valence-electron chi connectivity index (χ1n) is 7.39. The molecular weight excluding hydrogens is 317 g/mol. The third kappa shape index (κ3) is 4.85. The summed E-state index contributed by atoms with van der Waals surface area (Å²) in [6.45, 7) is 8.79. The number of nitrogens with zero attached hydrogens (tertiary/aromatic N) is 1. The van der Waals surface area contributed by atoms with Crippen LogP contribution in [0.4, 0.5) is 0 Å². The van der Waals surface area contributed by atoms with Crippen molar-refractivity contribution < 1.29 is 0 Å². The number of allylic oxidation sites excluding steroid dienone is 3. The van der Waals surface area contributed by atoms with Crippen molar-refractivity contribution in [2.75, 3.05) is 6.54 Å². The van der Waals surface area contributed by atoms with Gasteiger partial charge in [-0.2, -0.15) is 0 Å². The van der Waals surface area contributed by atoms with E-state index in [1.165, 1.54) is 0 Å². The van der Waals surface area contributed by atoms with Crippen molar-refractivity contribution in [2.24, 2.45) is 11.5 Å². The monoisotopic (exact) mass is 341 g/mol. The molecule has 0 saturated carbocycles. The van der Waals surface area contributed by atoms with Crippen LogP contribution in [-0.2, 0) is 0 Å². The summed E-state index contributed by atoms with van der Waals surface area (Å²) in [5.74, 6) is 0. The Kier molecular flexibility index (Phi) is 7.11. The van der Waals surface area contributed by atoms with Crippen molar-refractivity contribution in [3.8, 4) is 0 Å². The Hall–Kier alpha value is -1.32. The van der Waals surface area contributed by atoms with E-state index in [2.05, 4.69) is 18.7 Å². The average molecular weight is 342 g/mol. The van der Waals surface area contributed by atoms with Gasteiger partial charge in [0.2, 0.25) is 0 Å². The molecule has 0 amide bonds. The molecule has 0 spiro atoms. The van der Waals surface area contributed by atoms with E-state index in [1.54, 1.807) is 6.07 Å². The van der Waals surface area contributed by atoms with Gasteiger partial charge in [0, 0.05) is 28.0 Å². The second kappa shape index (κ2) is 8.35. The molecule has 0 saturated heterocycles. The molecule has 0 radical (unpaired) electrons. The first kappa shape index (κ1) is 18.7. The Morgan fingerprint density at radius 3 is 2.41 bits per heavy atom. The van der Waals surface area contributed by atoms with Crippen LogP contribution in [-0.4, -0.2) is 11.4 Å². The van der Waals surface area contributed by atoms with Crippen molar-refractivity contribution in [1.82, 2.24) is 4.90 Å². The molecule has 0 fully saturated rings. The first-order valence-corrected chi connectivity index (χ1v) is 8.15. The van der Waals surface area contributed by atoms with Crippen molar-refractivity contribution in [1.29, 1.82) is 0 Å². The first-order chi connectivity index (χ1) is 10.3. The van der Waals surface area contributed by atoms with Gasteiger partial charge in [-0.15, -0.1) is 0 Å². The molecule has 5 heteroatoms. The van der Waals surface area contributed by atoms with Crippen LogP contribution in [0.3, 0.4) is 0 Å². The lowest BCUT2D eigenvalue weighted by molar-refractivity contribution is 0.277. The van der Waals surface area contributed by atoms with Gasteiger partial charge in [0.15, 0.2) is 0 Å². The Morgan fingerprint density at radius 2 is 1.91 bits per heavy atom. The number of nitrogens with two attached hydrogens (primary N) is 2. The summed E-state index contributed by atoms with van der Waals surface area (Å²) in [4.78, 5) is 2.21. The lowest BCUT2D eigenvalue weighted by atomic mass is 10.0. The summed E-state index contributed by atoms with van der Waals surface area (Å²) in [5, 5.41) is 1.36. The number of benzene rings is 1. The van der Waals surface area contributed by atoms with E-state index >= 15 is 0 Å². The minimum Gasteiger partial charge on any atom is -0.402 e. The van der Waals surface area contributed by atoms with Gasteiger partial charge in [0.25, 0.3) is 0 Å². The Bertz CT molecular complexity index is 571. The lowest BCUT2D eigenvalue weighted by Crippen LogP contribution is -2.29. The van der Waals surface area contributed by atoms with Crippen LogP contribution in [0.5, 0.6) is 0 Å². The van der Waals surface area contributed by atoms with Crippen LogP contribution in [0.25, 0.3) is 0 Å². The fraction of sp³-hybridized carbons (Fsp3) is 0.412. The molecule has 0 aliphatic heterocycles. The van der Waals surface area contributed by atoms with Gasteiger partial charge in [-0.3, -0.25) is 0 Å². The third-order valence-corrected chi connectivity index (χ3v) is 4.00. The fourth-order valence-corrected chi connectivity index (χ4v) is 2.86. The molecule has 0 aromatic heterocycles. The van der Waals surface area contributed by atoms with Crippen molar-refractivity contribution in [3.05, 3.63) is 57.0 Å². The largest absolute Gasteiger partial charge is 0.402 e. The van der Waals surface area contributed by atoms with Gasteiger partial charge >= 0.3 is 0 Å². The van der Waals surface area contributed by atoms with E-state index < -0.39 is 0 Å². The molecule has 1 atom stereocenters. The third-order valence-electron chi connectivity index (χ3n) is 3.42. The molecule has 122 valence electrons. The fourth-order valence-electron chi connectivity index (χ4n) is 2.41. The predicted octanol–water partition coefficient (Wildman–Crippen LogP) is 4.82. The van der Waals surface area contributed by atoms with Crippen molar-refractivity contribution in [2.45, 2.75) is 40.2 Å². The van der Waals surface area contributed by atoms with Gasteiger partial charge in [-0.1, -0.05) is 30.1 Å². The van der Waals surface area contributed by atoms with E-state index in [-0.39, 0.29) is 6.04 Å². The highest BCUT2D eigenvalue weighted by molar-refractivity contribution is 6.33. The lowest BCUT2D eigenvalue weighted by Gasteiger charge is -2.33. The maximum absolute atomic E-state index is 6.35. The minimum atomic E-state index is 0.0373. The van der Waals surface area contributed by atoms with Crippen molar-refractivity contribution >= 4 is 23.2 Å². The quantitative estimate of drug-likeness (QED) is 0.729. The number of hydrogen-bond acceptors (Lipinski definition) is 3. The highest BCUT2D eigenvalue weighted by atomic mass is 35.5. The average Bonchev–Trinajstić information content (AvgIpc) is 2.44. The minimum absolute atomic E-state index is 0.0373. The molecule has 0 heterocycles. The standard InChI is InChI=1S/C17H25Cl2N3/c1-5-8-22(17(12(3)21)9-11(2)20)13(4)15-10-14(18)6-7-16(15)19/h6-7,9-10,13H,5,8,20-21H2,1-4H3/b11-9-,17-12+. The van der Waals surface area contributed by atoms with Crippen LogP contribution in [0.15, 0.2) is 41.4 Å². The number of rotatable bonds is 6. The van der Waals surface area contributed by atoms with Gasteiger partial charge < -0.3 is 16.4 Å². The summed E-state index contributed by atoms with van der Waals surface area (Å²) in [6.07, 6.45) is 2.89. The summed E-state index contributed by atoms with van der Waals surface area (Å²) in [6, 6.07) is 5.55. The Labute approximate surface area is 143 Å². The predicted molar refractivity (Wildman–Crippen MR) is 96.7 cm³/mol. The second-order valence-corrected chi connectivity index (χ2v) is 6.34. The van der Waals surface area contributed by atoms with Crippen LogP contribution in [0, 0.1) is 0 Å². The van der Waals surface area contributed by atoms with E-state index in [0.29, 0.717) is 15.7 Å². The normalized spacial score (nSPS) is 14.5. The summed E-state index contributed by atoms with van der Waals surface area (Å²) in [5.41, 5.74) is 15.3. The maximum atomic E-state index is 6.35. The Balaban J connectivity index is 3.32. The second-order valence-electron chi connectivity index (χ2n) is 5.49. The zero-order valence-corrected chi connectivity index (χ0v) is 15.2. The van der Waals surface area contributed by atoms with Gasteiger partial charge in [-0.05, 0) is 57.0 Å². The highest BCUT2D eigenvalue weighted by Gasteiger charge is 2.20. The van der Waals surface area contributed by atoms with Crippen LogP contribution >= 0.6 is 23.2 Å². The van der Waals surface area contributed by atoms with E-state index in [1.807, 2.05) is 32.1 Å². The molecule has 1 aromatic rings. The zero-order chi connectivity index (χ0) is 16.9. The van der Waals surface area contributed by atoms with Crippen LogP contribution in [0.1, 0.15) is 45.7 Å². The molecule has 1 unspecified atom stereocenters. The number of hydrogen-bond donors (Lipinski definition) is 2. The molecule has 1 aromatic carbocycles. The summed E-state index contributed by atoms with van der Waals surface area (Å²) < 4.78 is 0. The smallest absolute Gasteiger partial charge is 0.0576 e. The molecule has 3 nitrogen and oxygen atoms in total. The highest BCUT2D eigenvalue weighted by Crippen LogP contribution is 2.32. The van der Waals surface area contributed by atoms with E-state index in [4.69, 9.17) is 34.7 Å². The topological polar surface area (TPSA) is 55.3 Å². The maximum Gasteiger partial charge on any atom is 0.0576 e. The molecule has 4 N–H and O–H groups in total. The number of halogens is 2. The summed E-state index contributed by atoms with van der Waals surface area (Å²) in [7, 11) is 0. The molecule has 22 heavy (non-hydrogen) atoms. The molecular formula is C17H25Cl2N3. The molecule has 0 aliphatic carbocycles. The van der Waals surface area contributed by atoms with Gasteiger partial charge in [0.05, 0.1) is 11.7 Å². The summed E-state index contributed by atoms with van der Waals surface area (Å²) >= 11 is 12.5. The van der Waals surface area contributed by atoms with E-state index in [9.17, 15) is 0 Å². The van der Waals surface area contributed by atoms with Gasteiger partial charge in [-0.25, -0.2) is 0 Å². The molecule has 1 rings (SSSR count). The molecule has 0 bridgehead atoms. The van der Waals surface area contributed by atoms with Crippen LogP contribution < -0.4 is 11.5 Å². The SMILES string of the molecule is CCCN(C(/C=C(/C)N)=C(\C)N)C(C)c1cc(Cl)ccc1Cl. The molecule has 0 aliphatic rings. The van der Waals surface area contributed by atoms with E-state index in [0.717, 1.165) is 29.9 Å². The zero-order valence-electron chi connectivity index (χ0n) is 13.7. The van der Waals surface area contributed by atoms with Gasteiger partial charge in [0.1, 0.15) is 0 Å². The Morgan fingerprint density at radius 1 is 1.27 bits per heavy atom.